The average molecular weight is 378 g/mol. The number of thiophene rings is 1. The summed E-state index contributed by atoms with van der Waals surface area (Å²) in [6, 6.07) is 4.52. The van der Waals surface area contributed by atoms with Crippen LogP contribution in [0.2, 0.25) is 0 Å². The first-order chi connectivity index (χ1) is 12.7. The molecule has 0 aliphatic carbocycles. The lowest BCUT2D eigenvalue weighted by Crippen LogP contribution is -2.55. The number of hydrogen-bond acceptors (Lipinski definition) is 5. The van der Waals surface area contributed by atoms with E-state index in [1.807, 2.05) is 20.8 Å². The molecule has 3 amide bonds. The van der Waals surface area contributed by atoms with Crippen LogP contribution in [-0.4, -0.2) is 85.7 Å². The van der Waals surface area contributed by atoms with Gasteiger partial charge in [-0.2, -0.15) is 0 Å². The molecule has 1 aromatic rings. The molecule has 8 heteroatoms. The summed E-state index contributed by atoms with van der Waals surface area (Å²) in [4.78, 5) is 33.0. The highest BCUT2D eigenvalue weighted by molar-refractivity contribution is 7.14. The third-order valence-electron chi connectivity index (χ3n) is 5.36. The van der Waals surface area contributed by atoms with Crippen LogP contribution in [-0.2, 0) is 4.74 Å². The van der Waals surface area contributed by atoms with Gasteiger partial charge in [0.05, 0.1) is 18.1 Å². The number of piperazine rings is 1. The lowest BCUT2D eigenvalue weighted by Gasteiger charge is -2.38. The van der Waals surface area contributed by atoms with E-state index in [4.69, 9.17) is 4.74 Å². The highest BCUT2D eigenvalue weighted by Gasteiger charge is 2.29. The smallest absolute Gasteiger partial charge is 0.320 e. The van der Waals surface area contributed by atoms with Crippen LogP contribution in [0.5, 0.6) is 0 Å². The first-order valence-corrected chi connectivity index (χ1v) is 10.3. The fourth-order valence-corrected chi connectivity index (χ4v) is 4.88. The predicted molar refractivity (Wildman–Crippen MR) is 99.6 cm³/mol. The van der Waals surface area contributed by atoms with Crippen molar-refractivity contribution in [2.45, 2.75) is 18.9 Å². The van der Waals surface area contributed by atoms with Crippen LogP contribution in [0.25, 0.3) is 0 Å². The third kappa shape index (κ3) is 3.72. The Morgan fingerprint density at radius 2 is 1.69 bits per heavy atom. The monoisotopic (exact) mass is 378 g/mol. The van der Waals surface area contributed by atoms with Gasteiger partial charge in [-0.1, -0.05) is 0 Å². The summed E-state index contributed by atoms with van der Waals surface area (Å²) >= 11 is 1.61. The van der Waals surface area contributed by atoms with Crippen molar-refractivity contribution in [1.29, 1.82) is 0 Å². The molecule has 26 heavy (non-hydrogen) atoms. The first-order valence-electron chi connectivity index (χ1n) is 9.46. The Kier molecular flexibility index (Phi) is 5.42. The molecule has 3 fully saturated rings. The van der Waals surface area contributed by atoms with Gasteiger partial charge in [-0.3, -0.25) is 4.79 Å². The molecule has 0 bridgehead atoms. The SMILES string of the molecule is O=C(c1ccc([C@H]2CCCN2)s1)N1CCN(C(=O)N2CCOCC2)CC1. The van der Waals surface area contributed by atoms with Gasteiger partial charge in [0.25, 0.3) is 5.91 Å². The van der Waals surface area contributed by atoms with Crippen LogP contribution < -0.4 is 5.32 Å². The highest BCUT2D eigenvalue weighted by atomic mass is 32.1. The normalized spacial score (nSPS) is 24.2. The maximum atomic E-state index is 12.8. The Labute approximate surface area is 157 Å². The lowest BCUT2D eigenvalue weighted by molar-refractivity contribution is 0.0363. The standard InChI is InChI=1S/C18H26N4O3S/c23-17(16-4-3-15(26-16)14-2-1-5-19-14)20-6-8-21(9-7-20)18(24)22-10-12-25-13-11-22/h3-4,14,19H,1-2,5-13H2/t14-/m1/s1. The van der Waals surface area contributed by atoms with Gasteiger partial charge in [-0.25, -0.2) is 4.79 Å². The zero-order valence-electron chi connectivity index (χ0n) is 15.0. The van der Waals surface area contributed by atoms with Crippen molar-refractivity contribution in [1.82, 2.24) is 20.0 Å². The van der Waals surface area contributed by atoms with Crippen LogP contribution in [0.1, 0.15) is 33.4 Å². The van der Waals surface area contributed by atoms with Crippen molar-refractivity contribution in [2.24, 2.45) is 0 Å². The minimum atomic E-state index is 0.0751. The maximum absolute atomic E-state index is 12.8. The Hall–Kier alpha value is -1.64. The number of hydrogen-bond donors (Lipinski definition) is 1. The van der Waals surface area contributed by atoms with E-state index in [1.165, 1.54) is 11.3 Å². The van der Waals surface area contributed by atoms with Crippen molar-refractivity contribution >= 4 is 23.3 Å². The quantitative estimate of drug-likeness (QED) is 0.845. The van der Waals surface area contributed by atoms with Crippen LogP contribution in [0, 0.1) is 0 Å². The van der Waals surface area contributed by atoms with E-state index in [9.17, 15) is 9.59 Å². The molecule has 1 N–H and O–H groups in total. The summed E-state index contributed by atoms with van der Waals surface area (Å²) in [7, 11) is 0. The van der Waals surface area contributed by atoms with E-state index in [0.717, 1.165) is 17.8 Å². The largest absolute Gasteiger partial charge is 0.378 e. The molecule has 1 aromatic heterocycles. The van der Waals surface area contributed by atoms with Gasteiger partial charge in [0.15, 0.2) is 0 Å². The molecular weight excluding hydrogens is 352 g/mol. The van der Waals surface area contributed by atoms with E-state index in [-0.39, 0.29) is 11.9 Å². The Morgan fingerprint density at radius 1 is 1.00 bits per heavy atom. The zero-order chi connectivity index (χ0) is 17.9. The van der Waals surface area contributed by atoms with E-state index < -0.39 is 0 Å². The number of amides is 3. The number of urea groups is 1. The minimum absolute atomic E-state index is 0.0751. The molecule has 4 rings (SSSR count). The minimum Gasteiger partial charge on any atom is -0.378 e. The summed E-state index contributed by atoms with van der Waals surface area (Å²) in [6.07, 6.45) is 2.35. The maximum Gasteiger partial charge on any atom is 0.320 e. The van der Waals surface area contributed by atoms with Crippen molar-refractivity contribution in [3.05, 3.63) is 21.9 Å². The number of ether oxygens (including phenoxy) is 1. The van der Waals surface area contributed by atoms with Gasteiger partial charge < -0.3 is 24.8 Å². The molecular formula is C18H26N4O3S. The van der Waals surface area contributed by atoms with E-state index >= 15 is 0 Å². The molecule has 142 valence electrons. The topological polar surface area (TPSA) is 65.1 Å². The van der Waals surface area contributed by atoms with Crippen LogP contribution in [0.3, 0.4) is 0 Å². The molecule has 3 aliphatic rings. The van der Waals surface area contributed by atoms with Gasteiger partial charge in [0, 0.05) is 50.2 Å². The van der Waals surface area contributed by atoms with Crippen LogP contribution in [0.15, 0.2) is 12.1 Å². The number of morpholine rings is 1. The molecule has 0 unspecified atom stereocenters. The van der Waals surface area contributed by atoms with Crippen molar-refractivity contribution < 1.29 is 14.3 Å². The second-order valence-corrected chi connectivity index (χ2v) is 8.13. The van der Waals surface area contributed by atoms with Gasteiger partial charge in [0.1, 0.15) is 0 Å². The van der Waals surface area contributed by atoms with Gasteiger partial charge in [-0.05, 0) is 31.5 Å². The van der Waals surface area contributed by atoms with E-state index in [0.29, 0.717) is 58.5 Å². The summed E-state index contributed by atoms with van der Waals surface area (Å²) in [5.74, 6) is 0.0951. The summed E-state index contributed by atoms with van der Waals surface area (Å²) < 4.78 is 5.30. The molecule has 3 aliphatic heterocycles. The molecule has 0 spiro atoms. The second kappa shape index (κ2) is 7.94. The third-order valence-corrected chi connectivity index (χ3v) is 6.55. The van der Waals surface area contributed by atoms with Crippen molar-refractivity contribution in [3.8, 4) is 0 Å². The lowest BCUT2D eigenvalue weighted by atomic mass is 10.2. The number of carbonyl (C=O) groups excluding carboxylic acids is 2. The number of nitrogens with one attached hydrogen (secondary N) is 1. The summed E-state index contributed by atoms with van der Waals surface area (Å²) in [6.45, 7) is 6.01. The predicted octanol–water partition coefficient (Wildman–Crippen LogP) is 1.38. The van der Waals surface area contributed by atoms with E-state index in [1.54, 1.807) is 11.3 Å². The molecule has 0 aromatic carbocycles. The van der Waals surface area contributed by atoms with E-state index in [2.05, 4.69) is 11.4 Å². The Bertz CT molecular complexity index is 645. The molecule has 0 radical (unpaired) electrons. The Morgan fingerprint density at radius 3 is 2.38 bits per heavy atom. The average Bonchev–Trinajstić information content (AvgIpc) is 3.39. The fourth-order valence-electron chi connectivity index (χ4n) is 3.79. The van der Waals surface area contributed by atoms with Crippen LogP contribution >= 0.6 is 11.3 Å². The van der Waals surface area contributed by atoms with Crippen LogP contribution in [0.4, 0.5) is 4.79 Å². The molecule has 1 atom stereocenters. The summed E-state index contributed by atoms with van der Waals surface area (Å²) in [5.41, 5.74) is 0. The molecule has 7 nitrogen and oxygen atoms in total. The molecule has 0 saturated carbocycles. The van der Waals surface area contributed by atoms with Crippen molar-refractivity contribution in [3.63, 3.8) is 0 Å². The first kappa shape index (κ1) is 17.8. The van der Waals surface area contributed by atoms with Gasteiger partial charge in [-0.15, -0.1) is 11.3 Å². The second-order valence-electron chi connectivity index (χ2n) is 7.01. The fraction of sp³-hybridized carbons (Fsp3) is 0.667. The molecule has 3 saturated heterocycles. The number of nitrogens with zero attached hydrogens (tertiary/aromatic N) is 3. The molecule has 4 heterocycles. The van der Waals surface area contributed by atoms with Gasteiger partial charge >= 0.3 is 6.03 Å². The zero-order valence-corrected chi connectivity index (χ0v) is 15.8. The summed E-state index contributed by atoms with van der Waals surface area (Å²) in [5, 5.41) is 3.48. The van der Waals surface area contributed by atoms with Gasteiger partial charge in [0.2, 0.25) is 0 Å². The highest BCUT2D eigenvalue weighted by Crippen LogP contribution is 2.30. The Balaban J connectivity index is 1.31. The number of rotatable bonds is 2. The number of carbonyl (C=O) groups is 2. The van der Waals surface area contributed by atoms with Crippen molar-refractivity contribution in [2.75, 3.05) is 59.0 Å².